The molecule has 4 nitrogen and oxygen atoms in total. The molecule has 0 radical (unpaired) electrons. The summed E-state index contributed by atoms with van der Waals surface area (Å²) in [6, 6.07) is 15.9. The lowest BCUT2D eigenvalue weighted by Gasteiger charge is -2.09. The Hall–Kier alpha value is -2.62. The van der Waals surface area contributed by atoms with Crippen LogP contribution in [0, 0.1) is 6.92 Å². The van der Waals surface area contributed by atoms with Crippen LogP contribution in [0.15, 0.2) is 48.5 Å². The van der Waals surface area contributed by atoms with Gasteiger partial charge in [-0.25, -0.2) is 9.97 Å². The second-order valence-electron chi connectivity index (χ2n) is 4.96. The highest BCUT2D eigenvalue weighted by atomic mass is 16.5. The quantitative estimate of drug-likeness (QED) is 0.797. The van der Waals surface area contributed by atoms with Gasteiger partial charge in [0.25, 0.3) is 0 Å². The van der Waals surface area contributed by atoms with Gasteiger partial charge in [-0.15, -0.1) is 0 Å². The Morgan fingerprint density at radius 2 is 1.86 bits per heavy atom. The molecule has 0 saturated heterocycles. The summed E-state index contributed by atoms with van der Waals surface area (Å²) >= 11 is 0. The van der Waals surface area contributed by atoms with E-state index in [4.69, 9.17) is 10.5 Å². The van der Waals surface area contributed by atoms with E-state index in [9.17, 15) is 0 Å². The normalized spacial score (nSPS) is 10.7. The summed E-state index contributed by atoms with van der Waals surface area (Å²) in [6.07, 6.45) is 0.696. The number of benzene rings is 2. The standard InChI is InChI=1S/C17H17N3O/c1-12-7-8-15-14(11-12)16(20-17(18)19-15)9-10-21-13-5-3-2-4-6-13/h2-8,11H,9-10H2,1H3,(H2,18,19,20). The van der Waals surface area contributed by atoms with Crippen LogP contribution in [0.1, 0.15) is 11.3 Å². The molecule has 4 heteroatoms. The Bertz CT molecular complexity index is 757. The third-order valence-corrected chi connectivity index (χ3v) is 3.30. The van der Waals surface area contributed by atoms with Gasteiger partial charge in [0.1, 0.15) is 5.75 Å². The van der Waals surface area contributed by atoms with Crippen molar-refractivity contribution in [1.82, 2.24) is 9.97 Å². The van der Waals surface area contributed by atoms with Crippen molar-refractivity contribution in [2.45, 2.75) is 13.3 Å². The molecule has 0 unspecified atom stereocenters. The predicted octanol–water partition coefficient (Wildman–Crippen LogP) is 3.14. The van der Waals surface area contributed by atoms with Crippen LogP contribution in [0.2, 0.25) is 0 Å². The molecule has 21 heavy (non-hydrogen) atoms. The molecule has 1 heterocycles. The topological polar surface area (TPSA) is 61.0 Å². The third-order valence-electron chi connectivity index (χ3n) is 3.30. The van der Waals surface area contributed by atoms with Crippen LogP contribution in [0.5, 0.6) is 5.75 Å². The lowest BCUT2D eigenvalue weighted by Crippen LogP contribution is -2.06. The fourth-order valence-corrected chi connectivity index (χ4v) is 2.30. The lowest BCUT2D eigenvalue weighted by atomic mass is 10.1. The minimum Gasteiger partial charge on any atom is -0.493 e. The third kappa shape index (κ3) is 3.11. The number of nitrogens with zero attached hydrogens (tertiary/aromatic N) is 2. The Labute approximate surface area is 123 Å². The maximum Gasteiger partial charge on any atom is 0.220 e. The van der Waals surface area contributed by atoms with Crippen LogP contribution in [0.25, 0.3) is 10.9 Å². The average Bonchev–Trinajstić information content (AvgIpc) is 2.49. The zero-order chi connectivity index (χ0) is 14.7. The Morgan fingerprint density at radius 1 is 1.05 bits per heavy atom. The minimum absolute atomic E-state index is 0.307. The molecule has 0 aliphatic rings. The van der Waals surface area contributed by atoms with Crippen molar-refractivity contribution in [2.24, 2.45) is 0 Å². The molecule has 0 aliphatic heterocycles. The molecule has 3 aromatic rings. The van der Waals surface area contributed by atoms with Gasteiger partial charge in [-0.1, -0.05) is 29.8 Å². The lowest BCUT2D eigenvalue weighted by molar-refractivity contribution is 0.321. The molecular weight excluding hydrogens is 262 g/mol. The van der Waals surface area contributed by atoms with Crippen LogP contribution < -0.4 is 10.5 Å². The second kappa shape index (κ2) is 5.79. The van der Waals surface area contributed by atoms with Gasteiger partial charge in [-0.2, -0.15) is 0 Å². The first kappa shape index (κ1) is 13.4. The zero-order valence-corrected chi connectivity index (χ0v) is 11.9. The number of fused-ring (bicyclic) bond motifs is 1. The number of hydrogen-bond acceptors (Lipinski definition) is 4. The summed E-state index contributed by atoms with van der Waals surface area (Å²) in [5.41, 5.74) is 8.77. The summed E-state index contributed by atoms with van der Waals surface area (Å²) in [5, 5.41) is 1.04. The van der Waals surface area contributed by atoms with E-state index >= 15 is 0 Å². The number of nitrogens with two attached hydrogens (primary N) is 1. The Morgan fingerprint density at radius 3 is 2.67 bits per heavy atom. The van der Waals surface area contributed by atoms with E-state index in [1.165, 1.54) is 5.56 Å². The van der Waals surface area contributed by atoms with Gasteiger partial charge in [0.05, 0.1) is 17.8 Å². The van der Waals surface area contributed by atoms with E-state index in [-0.39, 0.29) is 0 Å². The van der Waals surface area contributed by atoms with E-state index < -0.39 is 0 Å². The highest BCUT2D eigenvalue weighted by Gasteiger charge is 2.07. The van der Waals surface area contributed by atoms with E-state index in [1.807, 2.05) is 42.5 Å². The molecule has 0 bridgehead atoms. The summed E-state index contributed by atoms with van der Waals surface area (Å²) in [5.74, 6) is 1.17. The maximum atomic E-state index is 5.78. The molecule has 0 spiro atoms. The smallest absolute Gasteiger partial charge is 0.220 e. The van der Waals surface area contributed by atoms with Crippen molar-refractivity contribution in [1.29, 1.82) is 0 Å². The maximum absolute atomic E-state index is 5.78. The number of para-hydroxylation sites is 1. The van der Waals surface area contributed by atoms with Crippen LogP contribution in [-0.4, -0.2) is 16.6 Å². The molecule has 2 N–H and O–H groups in total. The second-order valence-corrected chi connectivity index (χ2v) is 4.96. The molecule has 0 fully saturated rings. The number of anilines is 1. The van der Waals surface area contributed by atoms with Crippen LogP contribution in [0.3, 0.4) is 0 Å². The molecule has 3 rings (SSSR count). The Kier molecular flexibility index (Phi) is 3.69. The van der Waals surface area contributed by atoms with Crippen molar-refractivity contribution >= 4 is 16.9 Å². The van der Waals surface area contributed by atoms with E-state index in [2.05, 4.69) is 23.0 Å². The zero-order valence-electron chi connectivity index (χ0n) is 11.9. The van der Waals surface area contributed by atoms with Crippen LogP contribution in [-0.2, 0) is 6.42 Å². The van der Waals surface area contributed by atoms with E-state index in [1.54, 1.807) is 0 Å². The summed E-state index contributed by atoms with van der Waals surface area (Å²) in [7, 11) is 0. The first-order valence-electron chi connectivity index (χ1n) is 6.93. The van der Waals surface area contributed by atoms with Crippen molar-refractivity contribution in [3.8, 4) is 5.75 Å². The summed E-state index contributed by atoms with van der Waals surface area (Å²) < 4.78 is 5.73. The van der Waals surface area contributed by atoms with E-state index in [0.717, 1.165) is 22.3 Å². The number of ether oxygens (including phenoxy) is 1. The number of aromatic nitrogens is 2. The van der Waals surface area contributed by atoms with Crippen LogP contribution >= 0.6 is 0 Å². The van der Waals surface area contributed by atoms with Crippen molar-refractivity contribution < 1.29 is 4.74 Å². The van der Waals surface area contributed by atoms with Crippen molar-refractivity contribution in [3.63, 3.8) is 0 Å². The van der Waals surface area contributed by atoms with Gasteiger partial charge in [-0.05, 0) is 31.2 Å². The van der Waals surface area contributed by atoms with Gasteiger partial charge >= 0.3 is 0 Å². The SMILES string of the molecule is Cc1ccc2nc(N)nc(CCOc3ccccc3)c2c1. The summed E-state index contributed by atoms with van der Waals surface area (Å²) in [6.45, 7) is 2.61. The molecule has 1 aromatic heterocycles. The van der Waals surface area contributed by atoms with Gasteiger partial charge in [0.15, 0.2) is 0 Å². The average molecular weight is 279 g/mol. The Balaban J connectivity index is 1.81. The van der Waals surface area contributed by atoms with Crippen LogP contribution in [0.4, 0.5) is 5.95 Å². The van der Waals surface area contributed by atoms with Crippen molar-refractivity contribution in [2.75, 3.05) is 12.3 Å². The molecule has 0 atom stereocenters. The molecule has 106 valence electrons. The predicted molar refractivity (Wildman–Crippen MR) is 84.3 cm³/mol. The fraction of sp³-hybridized carbons (Fsp3) is 0.176. The first-order chi connectivity index (χ1) is 10.2. The number of nitrogen functional groups attached to an aromatic ring is 1. The molecule has 0 amide bonds. The van der Waals surface area contributed by atoms with Gasteiger partial charge in [0.2, 0.25) is 5.95 Å². The fourth-order valence-electron chi connectivity index (χ4n) is 2.30. The summed E-state index contributed by atoms with van der Waals surface area (Å²) in [4.78, 5) is 8.63. The molecule has 0 saturated carbocycles. The number of rotatable bonds is 4. The monoisotopic (exact) mass is 279 g/mol. The molecule has 2 aromatic carbocycles. The number of aryl methyl sites for hydroxylation is 1. The van der Waals surface area contributed by atoms with Gasteiger partial charge in [-0.3, -0.25) is 0 Å². The largest absolute Gasteiger partial charge is 0.493 e. The number of hydrogen-bond donors (Lipinski definition) is 1. The highest BCUT2D eigenvalue weighted by Crippen LogP contribution is 2.19. The highest BCUT2D eigenvalue weighted by molar-refractivity contribution is 5.82. The van der Waals surface area contributed by atoms with E-state index in [0.29, 0.717) is 19.0 Å². The van der Waals surface area contributed by atoms with Gasteiger partial charge < -0.3 is 10.5 Å². The molecule has 0 aliphatic carbocycles. The van der Waals surface area contributed by atoms with Gasteiger partial charge in [0, 0.05) is 11.8 Å². The first-order valence-corrected chi connectivity index (χ1v) is 6.93. The minimum atomic E-state index is 0.307. The van der Waals surface area contributed by atoms with Crippen molar-refractivity contribution in [3.05, 3.63) is 59.8 Å². The molecular formula is C17H17N3O.